The highest BCUT2D eigenvalue weighted by Gasteiger charge is 2.36. The molecule has 1 aliphatic carbocycles. The topological polar surface area (TPSA) is 78.5 Å². The molecule has 132 valence electrons. The quantitative estimate of drug-likeness (QED) is 0.837. The summed E-state index contributed by atoms with van der Waals surface area (Å²) in [5, 5.41) is 3.42. The first-order chi connectivity index (χ1) is 11.4. The van der Waals surface area contributed by atoms with Gasteiger partial charge in [-0.05, 0) is 31.4 Å². The van der Waals surface area contributed by atoms with Gasteiger partial charge in [0.15, 0.2) is 0 Å². The van der Waals surface area contributed by atoms with E-state index in [9.17, 15) is 13.2 Å². The van der Waals surface area contributed by atoms with Crippen LogP contribution in [0.4, 0.5) is 5.69 Å². The van der Waals surface area contributed by atoms with Crippen LogP contribution >= 0.6 is 0 Å². The molecule has 2 fully saturated rings. The minimum atomic E-state index is -3.24. The van der Waals surface area contributed by atoms with Gasteiger partial charge in [0.1, 0.15) is 0 Å². The minimum absolute atomic E-state index is 0.0122. The molecule has 7 heteroatoms. The number of anilines is 1. The number of carbonyl (C=O) groups is 1. The molecule has 1 amide bonds. The summed E-state index contributed by atoms with van der Waals surface area (Å²) in [5.74, 6) is 0.0740. The molecule has 1 aromatic carbocycles. The predicted molar refractivity (Wildman–Crippen MR) is 94.4 cm³/mol. The van der Waals surface area contributed by atoms with Crippen LogP contribution < -0.4 is 14.9 Å². The summed E-state index contributed by atoms with van der Waals surface area (Å²) in [6.45, 7) is 0.692. The summed E-state index contributed by atoms with van der Waals surface area (Å²) in [6, 6.07) is 9.31. The molecular weight excluding hydrogens is 326 g/mol. The van der Waals surface area contributed by atoms with Gasteiger partial charge < -0.3 is 10.2 Å². The van der Waals surface area contributed by atoms with Gasteiger partial charge in [-0.2, -0.15) is 0 Å². The van der Waals surface area contributed by atoms with Crippen molar-refractivity contribution in [2.45, 2.75) is 50.2 Å². The Kier molecular flexibility index (Phi) is 5.22. The van der Waals surface area contributed by atoms with Crippen LogP contribution in [0.2, 0.25) is 0 Å². The van der Waals surface area contributed by atoms with Gasteiger partial charge >= 0.3 is 0 Å². The summed E-state index contributed by atoms with van der Waals surface area (Å²) in [5.41, 5.74) is 0.918. The molecule has 1 heterocycles. The van der Waals surface area contributed by atoms with E-state index in [1.165, 1.54) is 6.26 Å². The van der Waals surface area contributed by atoms with Crippen molar-refractivity contribution >= 4 is 21.6 Å². The second-order valence-electron chi connectivity index (χ2n) is 6.72. The monoisotopic (exact) mass is 351 g/mol. The number of nitrogens with one attached hydrogen (secondary N) is 2. The van der Waals surface area contributed by atoms with E-state index in [2.05, 4.69) is 10.0 Å². The fourth-order valence-electron chi connectivity index (χ4n) is 3.70. The number of nitrogens with zero attached hydrogens (tertiary/aromatic N) is 1. The molecule has 6 nitrogen and oxygen atoms in total. The lowest BCUT2D eigenvalue weighted by Crippen LogP contribution is -2.55. The minimum Gasteiger partial charge on any atom is -0.311 e. The molecule has 0 aromatic heterocycles. The van der Waals surface area contributed by atoms with Crippen LogP contribution in [0.25, 0.3) is 0 Å². The zero-order valence-electron chi connectivity index (χ0n) is 13.9. The van der Waals surface area contributed by atoms with E-state index in [0.29, 0.717) is 6.54 Å². The van der Waals surface area contributed by atoms with Crippen molar-refractivity contribution in [3.8, 4) is 0 Å². The van der Waals surface area contributed by atoms with Crippen LogP contribution in [-0.2, 0) is 14.8 Å². The Morgan fingerprint density at radius 3 is 2.38 bits per heavy atom. The second-order valence-corrected chi connectivity index (χ2v) is 8.50. The first-order valence-electron chi connectivity index (χ1n) is 8.54. The zero-order valence-corrected chi connectivity index (χ0v) is 14.8. The maximum atomic E-state index is 12.7. The normalized spacial score (nSPS) is 28.3. The Morgan fingerprint density at radius 1 is 1.04 bits per heavy atom. The molecule has 1 aliphatic heterocycles. The molecule has 2 N–H and O–H groups in total. The Balaban J connectivity index is 1.65. The molecule has 0 unspecified atom stereocenters. The number of hydrogen-bond acceptors (Lipinski definition) is 4. The number of amides is 1. The van der Waals surface area contributed by atoms with Crippen molar-refractivity contribution in [1.29, 1.82) is 0 Å². The largest absolute Gasteiger partial charge is 0.311 e. The Bertz CT molecular complexity index is 678. The maximum Gasteiger partial charge on any atom is 0.244 e. The SMILES string of the molecule is CS(=O)(=O)N[C@@H]1CCCC[C@H]1N[C@H]1CCN(c2ccccc2)C1=O. The van der Waals surface area contributed by atoms with Crippen molar-refractivity contribution in [2.24, 2.45) is 0 Å². The first-order valence-corrected chi connectivity index (χ1v) is 10.4. The van der Waals surface area contributed by atoms with Crippen molar-refractivity contribution < 1.29 is 13.2 Å². The molecule has 0 spiro atoms. The first kappa shape index (κ1) is 17.4. The van der Waals surface area contributed by atoms with Crippen LogP contribution in [0.3, 0.4) is 0 Å². The third-order valence-corrected chi connectivity index (χ3v) is 5.55. The van der Waals surface area contributed by atoms with E-state index < -0.39 is 10.0 Å². The lowest BCUT2D eigenvalue weighted by Gasteiger charge is -2.34. The number of carbonyl (C=O) groups excluding carboxylic acids is 1. The predicted octanol–water partition coefficient (Wildman–Crippen LogP) is 1.24. The van der Waals surface area contributed by atoms with Crippen LogP contribution in [0.1, 0.15) is 32.1 Å². The van der Waals surface area contributed by atoms with Gasteiger partial charge in [-0.15, -0.1) is 0 Å². The Hall–Kier alpha value is -1.44. The fraction of sp³-hybridized carbons (Fsp3) is 0.588. The van der Waals surface area contributed by atoms with Gasteiger partial charge in [-0.1, -0.05) is 31.0 Å². The molecule has 3 atom stereocenters. The van der Waals surface area contributed by atoms with Crippen molar-refractivity contribution in [2.75, 3.05) is 17.7 Å². The number of benzene rings is 1. The van der Waals surface area contributed by atoms with E-state index in [0.717, 1.165) is 37.8 Å². The van der Waals surface area contributed by atoms with E-state index in [4.69, 9.17) is 0 Å². The molecule has 3 rings (SSSR count). The number of para-hydroxylation sites is 1. The van der Waals surface area contributed by atoms with E-state index in [1.807, 2.05) is 30.3 Å². The van der Waals surface area contributed by atoms with Gasteiger partial charge in [0.2, 0.25) is 15.9 Å². The molecule has 0 radical (unpaired) electrons. The van der Waals surface area contributed by atoms with Gasteiger partial charge in [-0.25, -0.2) is 13.1 Å². The average Bonchev–Trinajstić information content (AvgIpc) is 2.90. The van der Waals surface area contributed by atoms with E-state index >= 15 is 0 Å². The molecule has 1 saturated heterocycles. The highest BCUT2D eigenvalue weighted by molar-refractivity contribution is 7.88. The number of sulfonamides is 1. The van der Waals surface area contributed by atoms with Crippen LogP contribution in [0.5, 0.6) is 0 Å². The fourth-order valence-corrected chi connectivity index (χ4v) is 4.54. The number of rotatable bonds is 5. The van der Waals surface area contributed by atoms with Gasteiger partial charge in [0.25, 0.3) is 0 Å². The van der Waals surface area contributed by atoms with Gasteiger partial charge in [-0.3, -0.25) is 4.79 Å². The average molecular weight is 351 g/mol. The summed E-state index contributed by atoms with van der Waals surface area (Å²) in [4.78, 5) is 14.5. The second kappa shape index (κ2) is 7.21. The summed E-state index contributed by atoms with van der Waals surface area (Å²) in [6.07, 6.45) is 5.71. The highest BCUT2D eigenvalue weighted by atomic mass is 32.2. The summed E-state index contributed by atoms with van der Waals surface area (Å²) < 4.78 is 25.9. The van der Waals surface area contributed by atoms with Gasteiger partial charge in [0, 0.05) is 24.3 Å². The lowest BCUT2D eigenvalue weighted by molar-refractivity contribution is -0.119. The summed E-state index contributed by atoms with van der Waals surface area (Å²) in [7, 11) is -3.24. The standard InChI is InChI=1S/C17H25N3O3S/c1-24(22,23)19-15-10-6-5-9-14(15)18-16-11-12-20(17(16)21)13-7-3-2-4-8-13/h2-4,7-8,14-16,18-19H,5-6,9-12H2,1H3/t14-,15-,16+/m1/s1. The number of hydrogen-bond donors (Lipinski definition) is 2. The molecular formula is C17H25N3O3S. The maximum absolute atomic E-state index is 12.7. The van der Waals surface area contributed by atoms with Crippen molar-refractivity contribution in [1.82, 2.24) is 10.0 Å². The van der Waals surface area contributed by atoms with Crippen LogP contribution in [-0.4, -0.2) is 45.3 Å². The Labute approximate surface area is 143 Å². The van der Waals surface area contributed by atoms with Crippen LogP contribution in [0, 0.1) is 0 Å². The third-order valence-electron chi connectivity index (χ3n) is 4.82. The van der Waals surface area contributed by atoms with Gasteiger partial charge in [0.05, 0.1) is 12.3 Å². The molecule has 24 heavy (non-hydrogen) atoms. The zero-order chi connectivity index (χ0) is 17.2. The molecule has 1 saturated carbocycles. The van der Waals surface area contributed by atoms with Crippen molar-refractivity contribution in [3.63, 3.8) is 0 Å². The molecule has 2 aliphatic rings. The van der Waals surface area contributed by atoms with E-state index in [-0.39, 0.29) is 24.0 Å². The lowest BCUT2D eigenvalue weighted by atomic mass is 9.90. The smallest absolute Gasteiger partial charge is 0.244 e. The molecule has 1 aromatic rings. The highest BCUT2D eigenvalue weighted by Crippen LogP contribution is 2.24. The summed E-state index contributed by atoms with van der Waals surface area (Å²) >= 11 is 0. The third kappa shape index (κ3) is 4.15. The van der Waals surface area contributed by atoms with Crippen molar-refractivity contribution in [3.05, 3.63) is 30.3 Å². The Morgan fingerprint density at radius 2 is 1.71 bits per heavy atom. The molecule has 0 bridgehead atoms. The van der Waals surface area contributed by atoms with E-state index in [1.54, 1.807) is 4.90 Å². The van der Waals surface area contributed by atoms with Crippen LogP contribution in [0.15, 0.2) is 30.3 Å².